The Bertz CT molecular complexity index is 1030. The SMILES string of the molecule is COc1cc2c(c(OC)c1OC)-c1ccc(N(C)C)c(=O)cc1[C@@H](NC(C)=O)CC2. The van der Waals surface area contributed by atoms with E-state index in [9.17, 15) is 9.59 Å². The Morgan fingerprint density at radius 2 is 1.77 bits per heavy atom. The molecule has 1 N–H and O–H groups in total. The van der Waals surface area contributed by atoms with Gasteiger partial charge in [0.1, 0.15) is 0 Å². The molecule has 0 aromatic heterocycles. The van der Waals surface area contributed by atoms with Gasteiger partial charge in [-0.15, -0.1) is 0 Å². The first-order chi connectivity index (χ1) is 14.3. The van der Waals surface area contributed by atoms with Crippen LogP contribution in [0.3, 0.4) is 0 Å². The van der Waals surface area contributed by atoms with Crippen molar-refractivity contribution in [3.8, 4) is 28.4 Å². The second-order valence-electron chi connectivity index (χ2n) is 7.46. The van der Waals surface area contributed by atoms with Crippen LogP contribution in [0.2, 0.25) is 0 Å². The quantitative estimate of drug-likeness (QED) is 0.814. The number of aryl methyl sites for hydroxylation is 1. The molecule has 0 heterocycles. The lowest BCUT2D eigenvalue weighted by molar-refractivity contribution is -0.119. The maximum absolute atomic E-state index is 12.9. The van der Waals surface area contributed by atoms with Crippen molar-refractivity contribution >= 4 is 11.6 Å². The third-order valence-electron chi connectivity index (χ3n) is 5.38. The molecule has 2 aromatic rings. The number of rotatable bonds is 5. The molecule has 1 aliphatic carbocycles. The standard InChI is InChI=1S/C23H28N2O5/c1-13(26)24-17-9-7-14-11-20(28-4)22(29-5)23(30-6)21(14)15-8-10-18(25(2)3)19(27)12-16(15)17/h8,10-12,17H,7,9H2,1-6H3,(H,24,26)/t17-/m0/s1. The van der Waals surface area contributed by atoms with E-state index in [4.69, 9.17) is 14.2 Å². The molecule has 0 bridgehead atoms. The number of ether oxygens (including phenoxy) is 3. The molecule has 2 aromatic carbocycles. The van der Waals surface area contributed by atoms with Crippen molar-refractivity contribution in [3.63, 3.8) is 0 Å². The number of benzene rings is 1. The smallest absolute Gasteiger partial charge is 0.217 e. The molecule has 0 aliphatic heterocycles. The number of methoxy groups -OCH3 is 3. The van der Waals surface area contributed by atoms with E-state index in [1.807, 2.05) is 26.2 Å². The van der Waals surface area contributed by atoms with Gasteiger partial charge in [-0.25, -0.2) is 0 Å². The van der Waals surface area contributed by atoms with E-state index in [1.165, 1.54) is 6.92 Å². The van der Waals surface area contributed by atoms with Gasteiger partial charge in [0, 0.05) is 26.6 Å². The fourth-order valence-electron chi connectivity index (χ4n) is 4.07. The van der Waals surface area contributed by atoms with Gasteiger partial charge in [-0.05, 0) is 47.7 Å². The van der Waals surface area contributed by atoms with Crippen LogP contribution in [0.4, 0.5) is 5.69 Å². The number of nitrogens with one attached hydrogen (secondary N) is 1. The summed E-state index contributed by atoms with van der Waals surface area (Å²) in [4.78, 5) is 26.6. The summed E-state index contributed by atoms with van der Waals surface area (Å²) in [7, 11) is 8.39. The predicted octanol–water partition coefficient (Wildman–Crippen LogP) is 2.93. The molecule has 30 heavy (non-hydrogen) atoms. The second kappa shape index (κ2) is 8.65. The molecular formula is C23H28N2O5. The monoisotopic (exact) mass is 412 g/mol. The first-order valence-corrected chi connectivity index (χ1v) is 9.77. The number of nitrogens with zero attached hydrogens (tertiary/aromatic N) is 1. The largest absolute Gasteiger partial charge is 0.493 e. The number of carbonyl (C=O) groups excluding carboxylic acids is 1. The normalized spacial score (nSPS) is 14.7. The predicted molar refractivity (Wildman–Crippen MR) is 117 cm³/mol. The van der Waals surface area contributed by atoms with Crippen LogP contribution in [0.1, 0.15) is 30.5 Å². The van der Waals surface area contributed by atoms with Gasteiger partial charge in [0.05, 0.1) is 33.1 Å². The van der Waals surface area contributed by atoms with Gasteiger partial charge in [0.2, 0.25) is 17.1 Å². The van der Waals surface area contributed by atoms with Crippen LogP contribution >= 0.6 is 0 Å². The lowest BCUT2D eigenvalue weighted by Gasteiger charge is -2.19. The molecule has 0 spiro atoms. The zero-order valence-corrected chi connectivity index (χ0v) is 18.3. The zero-order chi connectivity index (χ0) is 22.0. The van der Waals surface area contributed by atoms with Crippen molar-refractivity contribution < 1.29 is 19.0 Å². The molecule has 7 nitrogen and oxygen atoms in total. The van der Waals surface area contributed by atoms with Crippen LogP contribution in [0, 0.1) is 0 Å². The van der Waals surface area contributed by atoms with Crippen LogP contribution in [0.25, 0.3) is 11.1 Å². The van der Waals surface area contributed by atoms with E-state index in [0.29, 0.717) is 35.8 Å². The number of amides is 1. The summed E-state index contributed by atoms with van der Waals surface area (Å²) in [6.07, 6.45) is 1.31. The minimum Gasteiger partial charge on any atom is -0.493 e. The van der Waals surface area contributed by atoms with E-state index < -0.39 is 0 Å². The maximum Gasteiger partial charge on any atom is 0.217 e. The number of hydrogen-bond donors (Lipinski definition) is 1. The van der Waals surface area contributed by atoms with Crippen LogP contribution in [0.15, 0.2) is 29.1 Å². The van der Waals surface area contributed by atoms with Crippen molar-refractivity contribution in [2.24, 2.45) is 0 Å². The third-order valence-corrected chi connectivity index (χ3v) is 5.38. The topological polar surface area (TPSA) is 77.1 Å². The molecule has 1 aliphatic rings. The van der Waals surface area contributed by atoms with Gasteiger partial charge in [-0.3, -0.25) is 9.59 Å². The molecule has 7 heteroatoms. The first-order valence-electron chi connectivity index (χ1n) is 9.77. The fourth-order valence-corrected chi connectivity index (χ4v) is 4.07. The van der Waals surface area contributed by atoms with Crippen LogP contribution in [0.5, 0.6) is 17.2 Å². The molecule has 0 fully saturated rings. The summed E-state index contributed by atoms with van der Waals surface area (Å²) in [5, 5.41) is 3.00. The molecule has 1 atom stereocenters. The highest BCUT2D eigenvalue weighted by Crippen LogP contribution is 2.50. The lowest BCUT2D eigenvalue weighted by atomic mass is 9.95. The number of fused-ring (bicyclic) bond motifs is 3. The Balaban J connectivity index is 2.43. The van der Waals surface area contributed by atoms with Crippen molar-refractivity contribution in [3.05, 3.63) is 45.6 Å². The minimum absolute atomic E-state index is 0.112. The van der Waals surface area contributed by atoms with Crippen LogP contribution < -0.4 is 29.9 Å². The maximum atomic E-state index is 12.9. The van der Waals surface area contributed by atoms with Gasteiger partial charge < -0.3 is 24.4 Å². The minimum atomic E-state index is -0.304. The Hall–Kier alpha value is -3.22. The van der Waals surface area contributed by atoms with E-state index >= 15 is 0 Å². The number of hydrogen-bond acceptors (Lipinski definition) is 6. The summed E-state index contributed by atoms with van der Waals surface area (Å²) in [5.74, 6) is 1.46. The third kappa shape index (κ3) is 3.79. The number of carbonyl (C=O) groups is 1. The first kappa shape index (κ1) is 21.5. The highest BCUT2D eigenvalue weighted by atomic mass is 16.5. The summed E-state index contributed by atoms with van der Waals surface area (Å²) in [5.41, 5.74) is 3.88. The highest BCUT2D eigenvalue weighted by molar-refractivity contribution is 5.83. The molecule has 0 saturated heterocycles. The lowest BCUT2D eigenvalue weighted by Crippen LogP contribution is -2.26. The Morgan fingerprint density at radius 3 is 2.33 bits per heavy atom. The molecule has 0 saturated carbocycles. The van der Waals surface area contributed by atoms with Gasteiger partial charge in [0.25, 0.3) is 0 Å². The molecule has 3 rings (SSSR count). The van der Waals surface area contributed by atoms with E-state index in [1.54, 1.807) is 38.4 Å². The molecule has 160 valence electrons. The van der Waals surface area contributed by atoms with Crippen LogP contribution in [-0.4, -0.2) is 41.3 Å². The molecule has 0 radical (unpaired) electrons. The highest BCUT2D eigenvalue weighted by Gasteiger charge is 2.29. The van der Waals surface area contributed by atoms with E-state index in [2.05, 4.69) is 5.32 Å². The van der Waals surface area contributed by atoms with Crippen molar-refractivity contribution in [2.45, 2.75) is 25.8 Å². The van der Waals surface area contributed by atoms with E-state index in [0.717, 1.165) is 22.3 Å². The zero-order valence-electron chi connectivity index (χ0n) is 18.3. The van der Waals surface area contributed by atoms with E-state index in [-0.39, 0.29) is 17.4 Å². The Morgan fingerprint density at radius 1 is 1.07 bits per heavy atom. The number of anilines is 1. The van der Waals surface area contributed by atoms with Gasteiger partial charge in [-0.1, -0.05) is 6.07 Å². The molecule has 0 unspecified atom stereocenters. The summed E-state index contributed by atoms with van der Waals surface area (Å²) >= 11 is 0. The summed E-state index contributed by atoms with van der Waals surface area (Å²) in [6, 6.07) is 6.98. The average Bonchev–Trinajstić information content (AvgIpc) is 2.95. The average molecular weight is 412 g/mol. The summed E-state index contributed by atoms with van der Waals surface area (Å²) in [6.45, 7) is 1.48. The van der Waals surface area contributed by atoms with Gasteiger partial charge in [-0.2, -0.15) is 0 Å². The van der Waals surface area contributed by atoms with Crippen molar-refractivity contribution in [2.75, 3.05) is 40.3 Å². The van der Waals surface area contributed by atoms with Gasteiger partial charge in [0.15, 0.2) is 11.5 Å². The van der Waals surface area contributed by atoms with Crippen LogP contribution in [-0.2, 0) is 11.2 Å². The molecule has 1 amide bonds. The summed E-state index contributed by atoms with van der Waals surface area (Å²) < 4.78 is 16.9. The van der Waals surface area contributed by atoms with Crippen molar-refractivity contribution in [1.82, 2.24) is 5.32 Å². The Labute approximate surface area is 176 Å². The van der Waals surface area contributed by atoms with Gasteiger partial charge >= 0.3 is 0 Å². The Kier molecular flexibility index (Phi) is 6.20. The molecular weight excluding hydrogens is 384 g/mol. The fraction of sp³-hybridized carbons (Fsp3) is 0.391. The second-order valence-corrected chi connectivity index (χ2v) is 7.46. The van der Waals surface area contributed by atoms with Crippen molar-refractivity contribution in [1.29, 1.82) is 0 Å².